The maximum Gasteiger partial charge on any atom is 0.304 e. The van der Waals surface area contributed by atoms with Gasteiger partial charge in [0, 0.05) is 25.2 Å². The SMILES string of the molecule is CCC[C@@H](O[Si](C)(C)C(C)(C)C)[C@H](CC(=O)O)C(=O)N(C)[C@@H](C)CN(c1ccc([N+](=O)[O-])cc1)[SH](=O)=O. The normalized spacial score (nSPS) is 14.6. The van der Waals surface area contributed by atoms with Gasteiger partial charge >= 0.3 is 5.97 Å². The number of amides is 1. The molecule has 0 saturated carbocycles. The van der Waals surface area contributed by atoms with Crippen LogP contribution in [0.5, 0.6) is 0 Å². The number of benzene rings is 1. The van der Waals surface area contributed by atoms with E-state index in [0.29, 0.717) is 12.8 Å². The highest BCUT2D eigenvalue weighted by Crippen LogP contribution is 2.39. The second kappa shape index (κ2) is 13.3. The first-order valence-electron chi connectivity index (χ1n) is 12.3. The first-order chi connectivity index (χ1) is 16.9. The van der Waals surface area contributed by atoms with Gasteiger partial charge in [0.15, 0.2) is 8.32 Å². The van der Waals surface area contributed by atoms with Gasteiger partial charge in [-0.15, -0.1) is 0 Å². The van der Waals surface area contributed by atoms with Gasteiger partial charge in [0.1, 0.15) is 0 Å². The summed E-state index contributed by atoms with van der Waals surface area (Å²) in [5.41, 5.74) is 0.0481. The number of rotatable bonds is 14. The van der Waals surface area contributed by atoms with E-state index in [0.717, 1.165) is 4.31 Å². The Labute approximate surface area is 222 Å². The number of hydrogen-bond acceptors (Lipinski definition) is 7. The fraction of sp³-hybridized carbons (Fsp3) is 0.667. The van der Waals surface area contributed by atoms with E-state index in [1.807, 2.05) is 6.92 Å². The molecule has 0 spiro atoms. The van der Waals surface area contributed by atoms with Crippen LogP contribution in [0.1, 0.15) is 53.9 Å². The topological polar surface area (TPSA) is 147 Å². The largest absolute Gasteiger partial charge is 0.481 e. The van der Waals surface area contributed by atoms with Crippen molar-refractivity contribution in [2.75, 3.05) is 17.9 Å². The molecule has 3 atom stereocenters. The van der Waals surface area contributed by atoms with Crippen molar-refractivity contribution < 1.29 is 32.5 Å². The van der Waals surface area contributed by atoms with Gasteiger partial charge in [0.25, 0.3) is 5.69 Å². The lowest BCUT2D eigenvalue weighted by molar-refractivity contribution is -0.384. The number of nitro groups is 1. The average molecular weight is 560 g/mol. The van der Waals surface area contributed by atoms with E-state index < -0.39 is 60.5 Å². The highest BCUT2D eigenvalue weighted by atomic mass is 32.2. The summed E-state index contributed by atoms with van der Waals surface area (Å²) in [6.45, 7) is 13.8. The number of carboxylic acid groups (broad SMARTS) is 1. The lowest BCUT2D eigenvalue weighted by Crippen LogP contribution is -2.51. The summed E-state index contributed by atoms with van der Waals surface area (Å²) < 4.78 is 31.6. The molecule has 210 valence electrons. The monoisotopic (exact) mass is 559 g/mol. The van der Waals surface area contributed by atoms with Crippen molar-refractivity contribution in [1.29, 1.82) is 0 Å². The standard InChI is InChI=1S/C24H41N3O8SSi/c1-9-10-21(35-37(7,8)24(3,4)5)20(15-22(28)29)23(30)25(6)17(2)16-26(36(33)34)18-11-13-19(14-12-18)27(31)32/h11-14,17,20-21,36H,9-10,15-16H2,1-8H3,(H,28,29)/t17-,20-,21+/m0/s1. The predicted octanol–water partition coefficient (Wildman–Crippen LogP) is 4.06. The number of thiol groups is 1. The molecule has 0 heterocycles. The molecule has 0 aliphatic heterocycles. The molecule has 13 heteroatoms. The number of aliphatic carboxylic acids is 1. The fourth-order valence-electron chi connectivity index (χ4n) is 3.61. The second-order valence-corrected chi connectivity index (χ2v) is 16.5. The third-order valence-electron chi connectivity index (χ3n) is 6.99. The Bertz CT molecular complexity index is 1020. The van der Waals surface area contributed by atoms with Crippen LogP contribution in [0, 0.1) is 16.0 Å². The van der Waals surface area contributed by atoms with Gasteiger partial charge in [-0.25, -0.2) is 8.42 Å². The van der Waals surface area contributed by atoms with Gasteiger partial charge in [0.2, 0.25) is 16.8 Å². The van der Waals surface area contributed by atoms with Crippen LogP contribution in [-0.4, -0.2) is 69.3 Å². The minimum atomic E-state index is -3.11. The molecular formula is C24H41N3O8SSi. The van der Waals surface area contributed by atoms with Crippen LogP contribution in [0.3, 0.4) is 0 Å². The smallest absolute Gasteiger partial charge is 0.304 e. The first-order valence-corrected chi connectivity index (χ1v) is 16.3. The molecule has 37 heavy (non-hydrogen) atoms. The molecule has 0 fully saturated rings. The lowest BCUT2D eigenvalue weighted by Gasteiger charge is -2.42. The summed E-state index contributed by atoms with van der Waals surface area (Å²) >= 11 is 0. The second-order valence-electron chi connectivity index (χ2n) is 10.8. The Morgan fingerprint density at radius 2 is 1.73 bits per heavy atom. The molecule has 0 bridgehead atoms. The van der Waals surface area contributed by atoms with Crippen molar-refractivity contribution in [2.24, 2.45) is 5.92 Å². The van der Waals surface area contributed by atoms with E-state index in [1.165, 1.54) is 36.2 Å². The zero-order chi connectivity index (χ0) is 28.7. The van der Waals surface area contributed by atoms with Crippen LogP contribution >= 0.6 is 0 Å². The molecule has 0 aliphatic rings. The van der Waals surface area contributed by atoms with Crippen molar-refractivity contribution in [3.63, 3.8) is 0 Å². The Kier molecular flexibility index (Phi) is 11.7. The average Bonchev–Trinajstić information content (AvgIpc) is 2.78. The molecule has 1 rings (SSSR count). The summed E-state index contributed by atoms with van der Waals surface area (Å²) in [6.07, 6.45) is 0.217. The number of carboxylic acids is 1. The number of non-ortho nitro benzene ring substituents is 1. The van der Waals surface area contributed by atoms with Crippen molar-refractivity contribution in [3.05, 3.63) is 34.4 Å². The minimum Gasteiger partial charge on any atom is -0.481 e. The van der Waals surface area contributed by atoms with E-state index in [9.17, 15) is 33.2 Å². The Hall–Kier alpha value is -2.51. The molecule has 1 amide bonds. The number of nitro benzene ring substituents is 1. The number of anilines is 1. The molecule has 11 nitrogen and oxygen atoms in total. The Morgan fingerprint density at radius 1 is 1.19 bits per heavy atom. The van der Waals surface area contributed by atoms with Crippen molar-refractivity contribution >= 4 is 42.5 Å². The first kappa shape index (κ1) is 32.5. The highest BCUT2D eigenvalue weighted by molar-refractivity contribution is 7.74. The minimum absolute atomic E-state index is 0.111. The number of hydrogen-bond donors (Lipinski definition) is 2. The zero-order valence-electron chi connectivity index (χ0n) is 23.0. The van der Waals surface area contributed by atoms with Gasteiger partial charge in [0.05, 0.1) is 35.6 Å². The maximum atomic E-state index is 13.6. The molecular weight excluding hydrogens is 518 g/mol. The molecule has 1 aromatic rings. The van der Waals surface area contributed by atoms with Crippen LogP contribution in [0.2, 0.25) is 18.1 Å². The molecule has 0 radical (unpaired) electrons. The Balaban J connectivity index is 3.23. The third kappa shape index (κ3) is 9.07. The number of likely N-dealkylation sites (N-methyl/N-ethyl adjacent to an activating group) is 1. The molecule has 1 aromatic carbocycles. The van der Waals surface area contributed by atoms with Crippen molar-refractivity contribution in [2.45, 2.75) is 84.2 Å². The number of nitrogens with zero attached hydrogens (tertiary/aromatic N) is 3. The van der Waals surface area contributed by atoms with Crippen LogP contribution in [0.4, 0.5) is 11.4 Å². The predicted molar refractivity (Wildman–Crippen MR) is 146 cm³/mol. The molecule has 0 unspecified atom stereocenters. The summed E-state index contributed by atoms with van der Waals surface area (Å²) in [5, 5.41) is 20.4. The van der Waals surface area contributed by atoms with Crippen LogP contribution in [0.25, 0.3) is 0 Å². The summed E-state index contributed by atoms with van der Waals surface area (Å²) in [7, 11) is -3.92. The molecule has 1 N–H and O–H groups in total. The van der Waals surface area contributed by atoms with Gasteiger partial charge in [-0.3, -0.25) is 24.0 Å². The fourth-order valence-corrected chi connectivity index (χ4v) is 5.70. The quantitative estimate of drug-likeness (QED) is 0.150. The molecule has 0 aliphatic carbocycles. The summed E-state index contributed by atoms with van der Waals surface area (Å²) in [5.74, 6) is -2.49. The zero-order valence-corrected chi connectivity index (χ0v) is 24.9. The van der Waals surface area contributed by atoms with Crippen LogP contribution in [0.15, 0.2) is 24.3 Å². The van der Waals surface area contributed by atoms with Crippen LogP contribution < -0.4 is 4.31 Å². The van der Waals surface area contributed by atoms with Crippen LogP contribution in [-0.2, 0) is 24.9 Å². The van der Waals surface area contributed by atoms with Gasteiger partial charge in [-0.05, 0) is 43.6 Å². The van der Waals surface area contributed by atoms with E-state index >= 15 is 0 Å². The van der Waals surface area contributed by atoms with E-state index in [2.05, 4.69) is 33.9 Å². The van der Waals surface area contributed by atoms with Gasteiger partial charge in [-0.2, -0.15) is 0 Å². The van der Waals surface area contributed by atoms with E-state index in [4.69, 9.17) is 4.43 Å². The number of carbonyl (C=O) groups excluding carboxylic acids is 1. The highest BCUT2D eigenvalue weighted by Gasteiger charge is 2.43. The van der Waals surface area contributed by atoms with Gasteiger partial charge in [-0.1, -0.05) is 34.1 Å². The lowest BCUT2D eigenvalue weighted by atomic mass is 9.93. The third-order valence-corrected chi connectivity index (χ3v) is 12.3. The number of carbonyl (C=O) groups is 2. The van der Waals surface area contributed by atoms with E-state index in [1.54, 1.807) is 6.92 Å². The maximum absolute atomic E-state index is 13.6. The molecule has 0 saturated heterocycles. The molecule has 0 aromatic heterocycles. The van der Waals surface area contributed by atoms with Crippen molar-refractivity contribution in [3.8, 4) is 0 Å². The van der Waals surface area contributed by atoms with E-state index in [-0.39, 0.29) is 23.0 Å². The Morgan fingerprint density at radius 3 is 2.14 bits per heavy atom. The summed E-state index contributed by atoms with van der Waals surface area (Å²) in [4.78, 5) is 37.1. The van der Waals surface area contributed by atoms with Gasteiger partial charge < -0.3 is 14.4 Å². The van der Waals surface area contributed by atoms with Crippen molar-refractivity contribution in [1.82, 2.24) is 4.90 Å². The summed E-state index contributed by atoms with van der Waals surface area (Å²) in [6, 6.07) is 4.45.